The zero-order valence-electron chi connectivity index (χ0n) is 5.40. The predicted molar refractivity (Wildman–Crippen MR) is 33.9 cm³/mol. The van der Waals surface area contributed by atoms with Crippen molar-refractivity contribution in [2.45, 2.75) is 12.8 Å². The van der Waals surface area contributed by atoms with Gasteiger partial charge in [0, 0.05) is 12.8 Å². The minimum atomic E-state index is 1.01. The maximum absolute atomic E-state index is 3.72. The number of hydrogen-bond donors (Lipinski definition) is 2. The van der Waals surface area contributed by atoms with Gasteiger partial charge in [-0.2, -0.15) is 0 Å². The van der Waals surface area contributed by atoms with Crippen molar-refractivity contribution in [1.29, 1.82) is 0 Å². The lowest BCUT2D eigenvalue weighted by Crippen LogP contribution is -2.50. The molecule has 0 aliphatic heterocycles. The lowest BCUT2D eigenvalue weighted by molar-refractivity contribution is -0.367. The normalized spacial score (nSPS) is 10.8. The summed E-state index contributed by atoms with van der Waals surface area (Å²) < 4.78 is 0. The van der Waals surface area contributed by atoms with Gasteiger partial charge in [0.2, 0.25) is 0 Å². The molecule has 0 rings (SSSR count). The SMILES string of the molecule is [NH3+]CC/C=C/CC[NH3+]. The van der Waals surface area contributed by atoms with Crippen LogP contribution in [0, 0.1) is 0 Å². The van der Waals surface area contributed by atoms with Crippen LogP contribution in [0.2, 0.25) is 0 Å². The van der Waals surface area contributed by atoms with Crippen molar-refractivity contribution in [3.8, 4) is 0 Å². The highest BCUT2D eigenvalue weighted by atomic mass is 14.5. The lowest BCUT2D eigenvalue weighted by atomic mass is 10.3. The summed E-state index contributed by atoms with van der Waals surface area (Å²) in [7, 11) is 0. The van der Waals surface area contributed by atoms with E-state index in [0.717, 1.165) is 25.9 Å². The Bertz CT molecular complexity index is 51.5. The van der Waals surface area contributed by atoms with Crippen LogP contribution >= 0.6 is 0 Å². The Balaban J connectivity index is 2.83. The molecule has 8 heavy (non-hydrogen) atoms. The van der Waals surface area contributed by atoms with Gasteiger partial charge in [0.1, 0.15) is 0 Å². The van der Waals surface area contributed by atoms with Crippen molar-refractivity contribution >= 4 is 0 Å². The summed E-state index contributed by atoms with van der Waals surface area (Å²) in [5.74, 6) is 0. The lowest BCUT2D eigenvalue weighted by Gasteiger charge is -1.81. The summed E-state index contributed by atoms with van der Waals surface area (Å²) in [6.45, 7) is 2.02. The van der Waals surface area contributed by atoms with Crippen molar-refractivity contribution in [2.75, 3.05) is 13.1 Å². The fraction of sp³-hybridized carbons (Fsp3) is 0.667. The number of quaternary nitrogens is 2. The van der Waals surface area contributed by atoms with Gasteiger partial charge in [-0.15, -0.1) is 0 Å². The summed E-state index contributed by atoms with van der Waals surface area (Å²) in [5, 5.41) is 0. The van der Waals surface area contributed by atoms with E-state index in [4.69, 9.17) is 0 Å². The molecule has 0 atom stereocenters. The molecule has 0 radical (unpaired) electrons. The molecular formula is C6H16N2+2. The standard InChI is InChI=1S/C6H14N2/c7-5-3-1-2-4-6-8/h1-2H,3-8H2/p+2/b2-1+. The van der Waals surface area contributed by atoms with Gasteiger partial charge in [0.05, 0.1) is 13.1 Å². The average molecular weight is 116 g/mol. The molecule has 0 heterocycles. The minimum Gasteiger partial charge on any atom is -0.357 e. The van der Waals surface area contributed by atoms with Crippen molar-refractivity contribution in [2.24, 2.45) is 0 Å². The van der Waals surface area contributed by atoms with Gasteiger partial charge in [-0.3, -0.25) is 0 Å². The van der Waals surface area contributed by atoms with E-state index in [1.807, 2.05) is 0 Å². The zero-order valence-corrected chi connectivity index (χ0v) is 5.40. The maximum atomic E-state index is 3.72. The molecule has 2 nitrogen and oxygen atoms in total. The molecule has 6 N–H and O–H groups in total. The molecule has 0 unspecified atom stereocenters. The third-order valence-corrected chi connectivity index (χ3v) is 0.908. The first-order valence-electron chi connectivity index (χ1n) is 3.15. The molecule has 0 aromatic heterocycles. The van der Waals surface area contributed by atoms with E-state index in [-0.39, 0.29) is 0 Å². The largest absolute Gasteiger partial charge is 0.357 e. The molecule has 0 amide bonds. The summed E-state index contributed by atoms with van der Waals surface area (Å²) in [5.41, 5.74) is 7.43. The van der Waals surface area contributed by atoms with Crippen LogP contribution in [0.1, 0.15) is 12.8 Å². The van der Waals surface area contributed by atoms with Crippen LogP contribution in [-0.2, 0) is 0 Å². The molecule has 48 valence electrons. The van der Waals surface area contributed by atoms with Gasteiger partial charge in [-0.1, -0.05) is 12.2 Å². The average Bonchev–Trinajstić information content (AvgIpc) is 1.81. The van der Waals surface area contributed by atoms with Crippen LogP contribution in [0.3, 0.4) is 0 Å². The van der Waals surface area contributed by atoms with Crippen LogP contribution in [0.5, 0.6) is 0 Å². The molecule has 0 saturated heterocycles. The zero-order chi connectivity index (χ0) is 6.24. The Labute approximate surface area is 50.6 Å². The van der Waals surface area contributed by atoms with E-state index in [0.29, 0.717) is 0 Å². The molecule has 0 aromatic rings. The third-order valence-electron chi connectivity index (χ3n) is 0.908. The quantitative estimate of drug-likeness (QED) is 0.434. The van der Waals surface area contributed by atoms with Gasteiger partial charge in [-0.05, 0) is 0 Å². The molecule has 0 aliphatic rings. The van der Waals surface area contributed by atoms with Gasteiger partial charge >= 0.3 is 0 Å². The molecule has 0 aromatic carbocycles. The first-order valence-corrected chi connectivity index (χ1v) is 3.15. The van der Waals surface area contributed by atoms with Crippen molar-refractivity contribution in [1.82, 2.24) is 0 Å². The molecular weight excluding hydrogens is 100 g/mol. The van der Waals surface area contributed by atoms with Crippen molar-refractivity contribution in [3.63, 3.8) is 0 Å². The molecule has 0 spiro atoms. The molecule has 0 bridgehead atoms. The second kappa shape index (κ2) is 6.66. The van der Waals surface area contributed by atoms with Crippen LogP contribution in [0.15, 0.2) is 12.2 Å². The van der Waals surface area contributed by atoms with E-state index in [9.17, 15) is 0 Å². The van der Waals surface area contributed by atoms with Crippen LogP contribution in [0.4, 0.5) is 0 Å². The highest BCUT2D eigenvalue weighted by molar-refractivity contribution is 4.80. The Morgan fingerprint density at radius 1 is 0.875 bits per heavy atom. The van der Waals surface area contributed by atoms with Crippen molar-refractivity contribution < 1.29 is 11.5 Å². The first-order chi connectivity index (χ1) is 3.91. The maximum Gasteiger partial charge on any atom is 0.0774 e. The van der Waals surface area contributed by atoms with E-state index in [2.05, 4.69) is 23.6 Å². The van der Waals surface area contributed by atoms with Crippen molar-refractivity contribution in [3.05, 3.63) is 12.2 Å². The van der Waals surface area contributed by atoms with Crippen LogP contribution in [-0.4, -0.2) is 13.1 Å². The van der Waals surface area contributed by atoms with Crippen LogP contribution < -0.4 is 11.5 Å². The highest BCUT2D eigenvalue weighted by Gasteiger charge is 1.75. The Kier molecular flexibility index (Phi) is 6.38. The molecule has 0 aliphatic carbocycles. The van der Waals surface area contributed by atoms with E-state index >= 15 is 0 Å². The fourth-order valence-corrected chi connectivity index (χ4v) is 0.471. The van der Waals surface area contributed by atoms with E-state index < -0.39 is 0 Å². The smallest absolute Gasteiger partial charge is 0.0774 e. The second-order valence-corrected chi connectivity index (χ2v) is 1.76. The summed E-state index contributed by atoms with van der Waals surface area (Å²) >= 11 is 0. The fourth-order valence-electron chi connectivity index (χ4n) is 0.471. The minimum absolute atomic E-state index is 1.01. The molecule has 2 heteroatoms. The van der Waals surface area contributed by atoms with E-state index in [1.165, 1.54) is 0 Å². The topological polar surface area (TPSA) is 55.3 Å². The Morgan fingerprint density at radius 2 is 1.25 bits per heavy atom. The van der Waals surface area contributed by atoms with Gasteiger partial charge in [0.25, 0.3) is 0 Å². The monoisotopic (exact) mass is 116 g/mol. The summed E-state index contributed by atoms with van der Waals surface area (Å²) in [4.78, 5) is 0. The first kappa shape index (κ1) is 7.66. The number of rotatable bonds is 4. The van der Waals surface area contributed by atoms with E-state index in [1.54, 1.807) is 0 Å². The summed E-state index contributed by atoms with van der Waals surface area (Å²) in [6.07, 6.45) is 6.55. The Hall–Kier alpha value is -0.340. The second-order valence-electron chi connectivity index (χ2n) is 1.76. The summed E-state index contributed by atoms with van der Waals surface area (Å²) in [6, 6.07) is 0. The number of hydrogen-bond acceptors (Lipinski definition) is 0. The molecule has 0 saturated carbocycles. The predicted octanol–water partition coefficient (Wildman–Crippen LogP) is -1.19. The molecule has 0 fully saturated rings. The van der Waals surface area contributed by atoms with Gasteiger partial charge in [0.15, 0.2) is 0 Å². The Morgan fingerprint density at radius 3 is 1.50 bits per heavy atom. The third kappa shape index (κ3) is 5.66. The van der Waals surface area contributed by atoms with Gasteiger partial charge < -0.3 is 11.5 Å². The highest BCUT2D eigenvalue weighted by Crippen LogP contribution is 1.80. The van der Waals surface area contributed by atoms with Crippen LogP contribution in [0.25, 0.3) is 0 Å². The van der Waals surface area contributed by atoms with Gasteiger partial charge in [-0.25, -0.2) is 0 Å².